The van der Waals surface area contributed by atoms with Crippen LogP contribution in [0.5, 0.6) is 0 Å². The van der Waals surface area contributed by atoms with E-state index < -0.39 is 0 Å². The molecule has 6 heteroatoms. The SMILES string of the molecule is CN(C)C1=NC(N2CCCCCN2C)SS1. The van der Waals surface area contributed by atoms with Gasteiger partial charge in [-0.05, 0) is 34.4 Å². The van der Waals surface area contributed by atoms with E-state index in [1.165, 1.54) is 19.3 Å². The summed E-state index contributed by atoms with van der Waals surface area (Å²) in [5.41, 5.74) is 0.269. The lowest BCUT2D eigenvalue weighted by molar-refractivity contribution is 0.00133. The van der Waals surface area contributed by atoms with Crippen molar-refractivity contribution in [2.75, 3.05) is 34.2 Å². The monoisotopic (exact) mass is 260 g/mol. The van der Waals surface area contributed by atoms with E-state index >= 15 is 0 Å². The first kappa shape index (κ1) is 12.5. The molecule has 1 saturated heterocycles. The number of rotatable bonds is 1. The molecular weight excluding hydrogens is 240 g/mol. The summed E-state index contributed by atoms with van der Waals surface area (Å²) in [5, 5.41) is 5.88. The summed E-state index contributed by atoms with van der Waals surface area (Å²) in [4.78, 5) is 6.85. The van der Waals surface area contributed by atoms with Crippen LogP contribution in [0.4, 0.5) is 0 Å². The lowest BCUT2D eigenvalue weighted by Crippen LogP contribution is -2.43. The molecule has 0 spiro atoms. The average molecular weight is 260 g/mol. The van der Waals surface area contributed by atoms with Crippen LogP contribution in [-0.4, -0.2) is 59.8 Å². The minimum absolute atomic E-state index is 0.269. The number of hydrogen-bond donors (Lipinski definition) is 0. The number of nitrogens with zero attached hydrogens (tertiary/aromatic N) is 4. The van der Waals surface area contributed by atoms with E-state index in [0.29, 0.717) is 0 Å². The van der Waals surface area contributed by atoms with Crippen molar-refractivity contribution < 1.29 is 0 Å². The highest BCUT2D eigenvalue weighted by Gasteiger charge is 2.29. The fraction of sp³-hybridized carbons (Fsp3) is 0.900. The maximum absolute atomic E-state index is 4.76. The molecule has 0 amide bonds. The lowest BCUT2D eigenvalue weighted by atomic mass is 10.2. The number of aliphatic imine (C=N–C) groups is 1. The van der Waals surface area contributed by atoms with Crippen molar-refractivity contribution >= 4 is 26.8 Å². The third-order valence-corrected chi connectivity index (χ3v) is 5.36. The average Bonchev–Trinajstić information content (AvgIpc) is 2.63. The standard InChI is InChI=1S/C10H20N4S2/c1-12(2)9-11-10(16-15-9)14-8-6-4-5-7-13(14)3/h10H,4-8H2,1-3H3. The molecule has 0 radical (unpaired) electrons. The number of hydrogen-bond acceptors (Lipinski definition) is 6. The molecule has 92 valence electrons. The molecule has 0 N–H and O–H groups in total. The van der Waals surface area contributed by atoms with Gasteiger partial charge in [0.2, 0.25) is 0 Å². The molecule has 2 aliphatic rings. The van der Waals surface area contributed by atoms with E-state index in [1.54, 1.807) is 10.8 Å². The minimum Gasteiger partial charge on any atom is -0.357 e. The summed E-state index contributed by atoms with van der Waals surface area (Å²) in [6, 6.07) is 0. The smallest absolute Gasteiger partial charge is 0.175 e. The van der Waals surface area contributed by atoms with Crippen LogP contribution in [0.15, 0.2) is 4.99 Å². The van der Waals surface area contributed by atoms with Crippen LogP contribution < -0.4 is 0 Å². The molecule has 0 bridgehead atoms. The Kier molecular flexibility index (Phi) is 4.41. The van der Waals surface area contributed by atoms with Crippen LogP contribution in [0.1, 0.15) is 19.3 Å². The fourth-order valence-corrected chi connectivity index (χ4v) is 4.46. The zero-order chi connectivity index (χ0) is 11.5. The van der Waals surface area contributed by atoms with E-state index in [0.717, 1.165) is 18.3 Å². The predicted molar refractivity (Wildman–Crippen MR) is 73.3 cm³/mol. The van der Waals surface area contributed by atoms with Crippen LogP contribution in [0.2, 0.25) is 0 Å². The second-order valence-corrected chi connectivity index (χ2v) is 6.64. The zero-order valence-corrected chi connectivity index (χ0v) is 11.9. The highest BCUT2D eigenvalue weighted by molar-refractivity contribution is 8.82. The molecule has 1 unspecified atom stereocenters. The van der Waals surface area contributed by atoms with Crippen molar-refractivity contribution in [3.05, 3.63) is 0 Å². The third kappa shape index (κ3) is 2.85. The van der Waals surface area contributed by atoms with Crippen LogP contribution in [0, 0.1) is 0 Å². The van der Waals surface area contributed by atoms with Gasteiger partial charge in [-0.2, -0.15) is 0 Å². The van der Waals surface area contributed by atoms with Crippen molar-refractivity contribution in [1.82, 2.24) is 14.9 Å². The van der Waals surface area contributed by atoms with Crippen LogP contribution in [0.3, 0.4) is 0 Å². The second-order valence-electron chi connectivity index (χ2n) is 4.42. The summed E-state index contributed by atoms with van der Waals surface area (Å²) in [5.74, 6) is 0. The van der Waals surface area contributed by atoms with Gasteiger partial charge >= 0.3 is 0 Å². The minimum atomic E-state index is 0.269. The number of amidine groups is 1. The maximum atomic E-state index is 4.76. The van der Waals surface area contributed by atoms with Crippen molar-refractivity contribution in [3.63, 3.8) is 0 Å². The Morgan fingerprint density at radius 3 is 2.69 bits per heavy atom. The van der Waals surface area contributed by atoms with E-state index in [9.17, 15) is 0 Å². The topological polar surface area (TPSA) is 22.1 Å². The highest BCUT2D eigenvalue weighted by atomic mass is 33.1. The van der Waals surface area contributed by atoms with Crippen molar-refractivity contribution in [3.8, 4) is 0 Å². The van der Waals surface area contributed by atoms with Gasteiger partial charge in [0.15, 0.2) is 10.7 Å². The molecule has 0 aromatic rings. The molecule has 1 atom stereocenters. The molecule has 2 aliphatic heterocycles. The Balaban J connectivity index is 2.01. The second kappa shape index (κ2) is 5.62. The van der Waals surface area contributed by atoms with Gasteiger partial charge in [0.25, 0.3) is 0 Å². The highest BCUT2D eigenvalue weighted by Crippen LogP contribution is 2.39. The van der Waals surface area contributed by atoms with Gasteiger partial charge < -0.3 is 4.90 Å². The summed E-state index contributed by atoms with van der Waals surface area (Å²) < 4.78 is 0. The first-order valence-electron chi connectivity index (χ1n) is 5.74. The predicted octanol–water partition coefficient (Wildman–Crippen LogP) is 1.92. The van der Waals surface area contributed by atoms with Crippen molar-refractivity contribution in [1.29, 1.82) is 0 Å². The molecule has 4 nitrogen and oxygen atoms in total. The molecule has 0 saturated carbocycles. The van der Waals surface area contributed by atoms with Gasteiger partial charge in [-0.3, -0.25) is 0 Å². The number of hydrazine groups is 1. The third-order valence-electron chi connectivity index (χ3n) is 2.87. The van der Waals surface area contributed by atoms with E-state index in [4.69, 9.17) is 4.99 Å². The zero-order valence-electron chi connectivity index (χ0n) is 10.2. The lowest BCUT2D eigenvalue weighted by Gasteiger charge is -2.32. The molecule has 0 aromatic heterocycles. The Labute approximate surface area is 106 Å². The Hall–Kier alpha value is 0.0900. The molecule has 2 heterocycles. The summed E-state index contributed by atoms with van der Waals surface area (Å²) in [6.45, 7) is 2.30. The first-order chi connectivity index (χ1) is 7.68. The normalized spacial score (nSPS) is 28.9. The van der Waals surface area contributed by atoms with E-state index in [1.807, 2.05) is 10.8 Å². The van der Waals surface area contributed by atoms with Crippen LogP contribution >= 0.6 is 21.6 Å². The van der Waals surface area contributed by atoms with Gasteiger partial charge in [0.1, 0.15) is 0 Å². The quantitative estimate of drug-likeness (QED) is 0.670. The summed E-state index contributed by atoms with van der Waals surface area (Å²) >= 11 is 0. The van der Waals surface area contributed by atoms with Gasteiger partial charge in [-0.25, -0.2) is 15.0 Å². The van der Waals surface area contributed by atoms with Crippen LogP contribution in [0.25, 0.3) is 0 Å². The van der Waals surface area contributed by atoms with Crippen molar-refractivity contribution in [2.24, 2.45) is 4.99 Å². The Morgan fingerprint density at radius 2 is 2.00 bits per heavy atom. The summed E-state index contributed by atoms with van der Waals surface area (Å²) in [6.07, 6.45) is 3.94. The van der Waals surface area contributed by atoms with Gasteiger partial charge in [-0.15, -0.1) is 0 Å². The van der Waals surface area contributed by atoms with Crippen LogP contribution in [-0.2, 0) is 0 Å². The Bertz CT molecular complexity index is 270. The van der Waals surface area contributed by atoms with Gasteiger partial charge in [-0.1, -0.05) is 6.42 Å². The molecule has 2 rings (SSSR count). The molecule has 16 heavy (non-hydrogen) atoms. The first-order valence-corrected chi connectivity index (χ1v) is 7.96. The molecular formula is C10H20N4S2. The maximum Gasteiger partial charge on any atom is 0.175 e. The van der Waals surface area contributed by atoms with Gasteiger partial charge in [0, 0.05) is 34.2 Å². The van der Waals surface area contributed by atoms with E-state index in [-0.39, 0.29) is 5.50 Å². The Morgan fingerprint density at radius 1 is 1.25 bits per heavy atom. The van der Waals surface area contributed by atoms with E-state index in [2.05, 4.69) is 36.1 Å². The molecule has 1 fully saturated rings. The fourth-order valence-electron chi connectivity index (χ4n) is 1.90. The molecule has 0 aliphatic carbocycles. The molecule has 0 aromatic carbocycles. The van der Waals surface area contributed by atoms with Crippen molar-refractivity contribution in [2.45, 2.75) is 24.8 Å². The summed E-state index contributed by atoms with van der Waals surface area (Å²) in [7, 11) is 9.93. The van der Waals surface area contributed by atoms with Gasteiger partial charge in [0.05, 0.1) is 0 Å². The largest absolute Gasteiger partial charge is 0.357 e.